The van der Waals surface area contributed by atoms with Gasteiger partial charge in [-0.2, -0.15) is 0 Å². The topological polar surface area (TPSA) is 124 Å². The first kappa shape index (κ1) is 84.5. The highest BCUT2D eigenvalue weighted by Gasteiger charge is 2.84. The molecule has 3 fully saturated rings. The zero-order valence-corrected chi connectivity index (χ0v) is 68.9. The van der Waals surface area contributed by atoms with Gasteiger partial charge in [-0.3, -0.25) is 18.1 Å². The number of hydrogen-bond acceptors (Lipinski definition) is 9. The molecule has 3 N–H and O–H groups in total. The van der Waals surface area contributed by atoms with Gasteiger partial charge < -0.3 is 23.7 Å². The number of phenolic OH excluding ortho intramolecular Hbond substituents is 3. The van der Waals surface area contributed by atoms with Crippen molar-refractivity contribution in [1.29, 1.82) is 0 Å². The molecule has 3 unspecified atom stereocenters. The Morgan fingerprint density at radius 2 is 0.680 bits per heavy atom. The summed E-state index contributed by atoms with van der Waals surface area (Å²) in [6, 6.07) is 9.07. The summed E-state index contributed by atoms with van der Waals surface area (Å²) in [6.07, 6.45) is 57.0. The van der Waals surface area contributed by atoms with Gasteiger partial charge in [0.1, 0.15) is 17.1 Å². The zero-order chi connectivity index (χ0) is 72.5. The van der Waals surface area contributed by atoms with Gasteiger partial charge in [0.15, 0.2) is 11.3 Å². The predicted octanol–water partition coefficient (Wildman–Crippen LogP) is 30.1. The summed E-state index contributed by atoms with van der Waals surface area (Å²) in [5, 5.41) is 38.5. The first-order valence-corrected chi connectivity index (χ1v) is 44.4. The second-order valence-electron chi connectivity index (χ2n) is 35.1. The van der Waals surface area contributed by atoms with Crippen LogP contribution in [0, 0.1) is 19.3 Å². The molecule has 6 bridgehead atoms. The second kappa shape index (κ2) is 40.8. The first-order valence-electron chi connectivity index (χ1n) is 42.2. The minimum atomic E-state index is -1.93. The van der Waals surface area contributed by atoms with Gasteiger partial charge >= 0.3 is 22.8 Å². The summed E-state index contributed by atoms with van der Waals surface area (Å²) in [6.45, 7) is 34.2. The highest BCUT2D eigenvalue weighted by Crippen LogP contribution is 2.85. The number of aromatic hydroxyl groups is 3. The van der Waals surface area contributed by atoms with Gasteiger partial charge in [-0.15, -0.1) is 0 Å². The zero-order valence-electron chi connectivity index (χ0n) is 67.1. The molecular weight excluding hydrogens is 1270 g/mol. The van der Waals surface area contributed by atoms with E-state index in [1.54, 1.807) is 0 Å². The Bertz CT molecular complexity index is 2990. The van der Waals surface area contributed by atoms with E-state index in [2.05, 4.69) is 128 Å². The maximum Gasteiger partial charge on any atom is 0.387 e. The third-order valence-electron chi connectivity index (χ3n) is 24.0. The fourth-order valence-corrected chi connectivity index (χ4v) is 20.8. The summed E-state index contributed by atoms with van der Waals surface area (Å²) in [7, 11) is -3.51. The van der Waals surface area contributed by atoms with Crippen LogP contribution in [0.3, 0.4) is 0 Å². The smallest absolute Gasteiger partial charge is 0.387 e. The van der Waals surface area contributed by atoms with Crippen molar-refractivity contribution in [3.05, 3.63) is 74.3 Å². The Hall–Kier alpha value is -2.77. The summed E-state index contributed by atoms with van der Waals surface area (Å²) in [5.74, 6) is -0.673. The SMILES string of the molecule is CCCCCCCCCCCCCC(c1cc(C(C)(C)C)c(O)cc1C)(c1c2c3op(oc1c(C(C)(C)C)c3O)OC2)C(CCCCCCCCCCCCC)(CCCCCCCCCCCCC)C(CCCCCCCCCCCCC)(c1cc(C(C)(C)C)c(O)cc1C)C12OP(O1)O2. The van der Waals surface area contributed by atoms with Crippen molar-refractivity contribution in [1.82, 2.24) is 0 Å². The maximum absolute atomic E-state index is 13.2. The molecule has 100 heavy (non-hydrogen) atoms. The highest BCUT2D eigenvalue weighted by molar-refractivity contribution is 7.45. The summed E-state index contributed by atoms with van der Waals surface area (Å²) in [5.41, 5.74) is 5.81. The molecule has 0 saturated carbocycles. The van der Waals surface area contributed by atoms with Crippen LogP contribution < -0.4 is 4.52 Å². The molecule has 7 heterocycles. The van der Waals surface area contributed by atoms with Gasteiger partial charge in [-0.1, -0.05) is 385 Å². The molecule has 0 radical (unpaired) electrons. The molecule has 0 amide bonds. The minimum Gasteiger partial charge on any atom is -0.508 e. The van der Waals surface area contributed by atoms with Crippen LogP contribution in [0.4, 0.5) is 0 Å². The molecular formula is C89H150O9P2. The lowest BCUT2D eigenvalue weighted by Gasteiger charge is -2.72. The number of hydrogen-bond donors (Lipinski definition) is 3. The lowest BCUT2D eigenvalue weighted by atomic mass is 9.38. The molecule has 10 rings (SSSR count). The number of phenols is 3. The van der Waals surface area contributed by atoms with Crippen LogP contribution in [0.25, 0.3) is 11.2 Å². The lowest BCUT2D eigenvalue weighted by Crippen LogP contribution is -2.76. The Labute approximate surface area is 615 Å². The number of aryl methyl sites for hydroxylation is 2. The van der Waals surface area contributed by atoms with Crippen LogP contribution >= 0.6 is 16.8 Å². The van der Waals surface area contributed by atoms with Crippen molar-refractivity contribution in [3.8, 4) is 17.2 Å². The molecule has 11 heteroatoms. The van der Waals surface area contributed by atoms with Crippen molar-refractivity contribution in [2.45, 2.75) is 452 Å². The van der Waals surface area contributed by atoms with Crippen LogP contribution in [-0.4, -0.2) is 21.3 Å². The molecule has 0 spiro atoms. The highest BCUT2D eigenvalue weighted by atomic mass is 31.2. The van der Waals surface area contributed by atoms with E-state index in [9.17, 15) is 15.3 Å². The van der Waals surface area contributed by atoms with Crippen molar-refractivity contribution in [2.75, 3.05) is 0 Å². The lowest BCUT2D eigenvalue weighted by molar-refractivity contribution is -0.461. The van der Waals surface area contributed by atoms with Crippen molar-refractivity contribution in [3.63, 3.8) is 0 Å². The summed E-state index contributed by atoms with van der Waals surface area (Å²) >= 11 is 0. The molecule has 2 aromatic heterocycles. The van der Waals surface area contributed by atoms with E-state index >= 15 is 0 Å². The third-order valence-corrected chi connectivity index (χ3v) is 26.2. The number of rotatable bonds is 54. The van der Waals surface area contributed by atoms with Crippen LogP contribution in [0.2, 0.25) is 0 Å². The molecule has 570 valence electrons. The van der Waals surface area contributed by atoms with Crippen LogP contribution in [-0.2, 0) is 47.3 Å². The van der Waals surface area contributed by atoms with Crippen molar-refractivity contribution >= 4 is 28.0 Å². The van der Waals surface area contributed by atoms with E-state index in [-0.39, 0.29) is 12.4 Å². The number of unbranched alkanes of at least 4 members (excludes halogenated alkanes) is 40. The average Bonchev–Trinajstić information content (AvgIpc) is 0.747. The van der Waals surface area contributed by atoms with Crippen molar-refractivity contribution < 1.29 is 41.8 Å². The van der Waals surface area contributed by atoms with Gasteiger partial charge in [0.05, 0.1) is 12.0 Å². The first-order chi connectivity index (χ1) is 47.9. The molecule has 5 aliphatic heterocycles. The molecule has 5 aliphatic rings. The maximum atomic E-state index is 13.2. The van der Waals surface area contributed by atoms with Crippen LogP contribution in [0.5, 0.6) is 17.2 Å². The Morgan fingerprint density at radius 3 is 1.02 bits per heavy atom. The molecule has 9 nitrogen and oxygen atoms in total. The van der Waals surface area contributed by atoms with Crippen LogP contribution in [0.15, 0.2) is 32.7 Å². The van der Waals surface area contributed by atoms with E-state index in [1.807, 2.05) is 0 Å². The third kappa shape index (κ3) is 21.1. The molecule has 5 aromatic rings. The Morgan fingerprint density at radius 1 is 0.360 bits per heavy atom. The predicted molar refractivity (Wildman–Crippen MR) is 426 cm³/mol. The molecule has 3 atom stereocenters. The van der Waals surface area contributed by atoms with Gasteiger partial charge in [-0.25, -0.2) is 0 Å². The van der Waals surface area contributed by atoms with Crippen molar-refractivity contribution in [2.24, 2.45) is 5.41 Å². The molecule has 0 aliphatic carbocycles. The van der Waals surface area contributed by atoms with E-state index in [0.29, 0.717) is 22.7 Å². The summed E-state index contributed by atoms with van der Waals surface area (Å²) < 4.78 is 44.3. The minimum absolute atomic E-state index is 0.158. The largest absolute Gasteiger partial charge is 0.508 e. The standard InChI is InChI=1S/C89H150O9P2/c1-16-20-24-28-32-36-40-44-48-52-56-60-86(61-57-53-49-45-41-37-33-29-25-21-17-2,88(89-96-100(97-89)98-89,63-59-55-51-47-43-39-35-31-27-23-19-4)73-67-75(84(10,11)12)77(91)65-70(73)6)87(62-58-54-50-46-42-38-34-30-26-22-18-3,72-66-74(83(7,8)9)76(90)64-69(72)5)78-71-68-93-99-94-81(71)80(92)79(82(78)95-99)85(13,14)15/h64-67,90-92H,16-63,68H2,1-15H3. The fourth-order valence-electron chi connectivity index (χ4n) is 18.6. The monoisotopic (exact) mass is 1430 g/mol. The van der Waals surface area contributed by atoms with E-state index in [1.165, 1.54) is 211 Å². The Balaban J connectivity index is 1.61. The van der Waals surface area contributed by atoms with Crippen LogP contribution in [0.1, 0.15) is 448 Å². The number of fused-ring (bicyclic) bond motifs is 2. The average molecular weight is 1430 g/mol. The molecule has 3 saturated heterocycles. The Kier molecular flexibility index (Phi) is 34.5. The van der Waals surface area contributed by atoms with E-state index in [4.69, 9.17) is 26.5 Å². The van der Waals surface area contributed by atoms with Gasteiger partial charge in [0, 0.05) is 27.5 Å². The summed E-state index contributed by atoms with van der Waals surface area (Å²) in [4.78, 5) is 0. The van der Waals surface area contributed by atoms with E-state index in [0.717, 1.165) is 147 Å². The van der Waals surface area contributed by atoms with Gasteiger partial charge in [0.2, 0.25) is 0 Å². The normalized spacial score (nSPS) is 17.7. The fraction of sp³-hybridized carbons (Fsp3) is 0.798. The number of benzene rings is 3. The molecule has 3 aromatic carbocycles. The second-order valence-corrected chi connectivity index (χ2v) is 37.2. The van der Waals surface area contributed by atoms with Gasteiger partial charge in [-0.05, 0) is 101 Å². The van der Waals surface area contributed by atoms with Gasteiger partial charge in [0.25, 0.3) is 0 Å². The quantitative estimate of drug-likeness (QED) is 0.0293. The van der Waals surface area contributed by atoms with E-state index < -0.39 is 55.3 Å².